The van der Waals surface area contributed by atoms with Gasteiger partial charge < -0.3 is 5.11 Å². The number of nitrogens with one attached hydrogen (secondary N) is 1. The van der Waals surface area contributed by atoms with E-state index in [1.165, 1.54) is 6.20 Å². The number of carboxylic acid groups (broad SMARTS) is 1. The summed E-state index contributed by atoms with van der Waals surface area (Å²) >= 11 is 0. The maximum Gasteiger partial charge on any atom is 0.339 e. The molecular weight excluding hydrogens is 204 g/mol. The van der Waals surface area contributed by atoms with Gasteiger partial charge in [-0.15, -0.1) is 0 Å². The van der Waals surface area contributed by atoms with E-state index in [-0.39, 0.29) is 5.56 Å². The molecule has 0 bridgehead atoms. The topological polar surface area (TPSA) is 66.0 Å². The molecule has 0 atom stereocenters. The molecule has 0 aliphatic carbocycles. The predicted molar refractivity (Wildman–Crippen MR) is 60.5 cm³/mol. The van der Waals surface area contributed by atoms with Gasteiger partial charge in [-0.3, -0.25) is 5.10 Å². The van der Waals surface area contributed by atoms with Crippen LogP contribution in [0.2, 0.25) is 0 Å². The molecule has 0 aliphatic rings. The quantitative estimate of drug-likeness (QED) is 0.810. The third-order valence-corrected chi connectivity index (χ3v) is 2.53. The molecule has 0 saturated carbocycles. The molecule has 0 radical (unpaired) electrons. The van der Waals surface area contributed by atoms with Gasteiger partial charge in [-0.1, -0.05) is 17.7 Å². The van der Waals surface area contributed by atoms with Gasteiger partial charge in [0.2, 0.25) is 0 Å². The molecule has 0 amide bonds. The van der Waals surface area contributed by atoms with Crippen LogP contribution in [0, 0.1) is 13.8 Å². The van der Waals surface area contributed by atoms with E-state index < -0.39 is 5.97 Å². The summed E-state index contributed by atoms with van der Waals surface area (Å²) in [6.45, 7) is 3.92. The molecule has 82 valence electrons. The van der Waals surface area contributed by atoms with Crippen molar-refractivity contribution >= 4 is 5.97 Å². The van der Waals surface area contributed by atoms with Crippen LogP contribution >= 0.6 is 0 Å². The number of nitrogens with zero attached hydrogens (tertiary/aromatic N) is 1. The van der Waals surface area contributed by atoms with Crippen molar-refractivity contribution in [2.75, 3.05) is 0 Å². The Bertz CT molecular complexity index is 544. The lowest BCUT2D eigenvalue weighted by Crippen LogP contribution is -1.98. The second-order valence-electron chi connectivity index (χ2n) is 3.78. The predicted octanol–water partition coefficient (Wildman–Crippen LogP) is 2.39. The van der Waals surface area contributed by atoms with Crippen molar-refractivity contribution in [3.05, 3.63) is 41.1 Å². The molecule has 0 spiro atoms. The van der Waals surface area contributed by atoms with Crippen molar-refractivity contribution in [2.45, 2.75) is 13.8 Å². The number of aromatic carboxylic acids is 1. The molecule has 1 aromatic carbocycles. The number of aromatic nitrogens is 2. The van der Waals surface area contributed by atoms with E-state index in [0.717, 1.165) is 16.7 Å². The van der Waals surface area contributed by atoms with Gasteiger partial charge in [0.15, 0.2) is 0 Å². The van der Waals surface area contributed by atoms with Crippen molar-refractivity contribution in [1.29, 1.82) is 0 Å². The van der Waals surface area contributed by atoms with E-state index in [1.54, 1.807) is 0 Å². The van der Waals surface area contributed by atoms with Crippen LogP contribution in [0.4, 0.5) is 0 Å². The Labute approximate surface area is 92.9 Å². The highest BCUT2D eigenvalue weighted by molar-refractivity contribution is 5.95. The van der Waals surface area contributed by atoms with E-state index in [1.807, 2.05) is 32.0 Å². The summed E-state index contributed by atoms with van der Waals surface area (Å²) in [5.74, 6) is -0.968. The minimum absolute atomic E-state index is 0.203. The number of benzene rings is 1. The molecule has 2 N–H and O–H groups in total. The van der Waals surface area contributed by atoms with Crippen molar-refractivity contribution in [1.82, 2.24) is 10.2 Å². The largest absolute Gasteiger partial charge is 0.478 e. The third kappa shape index (κ3) is 1.69. The van der Waals surface area contributed by atoms with Gasteiger partial charge in [0, 0.05) is 5.56 Å². The molecule has 0 saturated heterocycles. The van der Waals surface area contributed by atoms with Gasteiger partial charge in [0.1, 0.15) is 5.56 Å². The maximum absolute atomic E-state index is 11.0. The van der Waals surface area contributed by atoms with Crippen LogP contribution in [0.5, 0.6) is 0 Å². The fourth-order valence-electron chi connectivity index (χ4n) is 1.66. The van der Waals surface area contributed by atoms with E-state index in [4.69, 9.17) is 5.11 Å². The van der Waals surface area contributed by atoms with Crippen LogP contribution in [0.15, 0.2) is 24.4 Å². The van der Waals surface area contributed by atoms with Gasteiger partial charge >= 0.3 is 5.97 Å². The minimum Gasteiger partial charge on any atom is -0.478 e. The number of carbonyl (C=O) groups is 1. The Hall–Kier alpha value is -2.10. The zero-order valence-electron chi connectivity index (χ0n) is 9.11. The first kappa shape index (κ1) is 10.4. The molecule has 16 heavy (non-hydrogen) atoms. The summed E-state index contributed by atoms with van der Waals surface area (Å²) in [6, 6.07) is 5.92. The first-order valence-electron chi connectivity index (χ1n) is 4.94. The summed E-state index contributed by atoms with van der Waals surface area (Å²) in [6.07, 6.45) is 1.33. The van der Waals surface area contributed by atoms with Crippen LogP contribution in [0.1, 0.15) is 21.5 Å². The smallest absolute Gasteiger partial charge is 0.339 e. The fourth-order valence-corrected chi connectivity index (χ4v) is 1.66. The lowest BCUT2D eigenvalue weighted by Gasteiger charge is -2.05. The molecule has 4 nitrogen and oxygen atoms in total. The lowest BCUT2D eigenvalue weighted by atomic mass is 10.0. The van der Waals surface area contributed by atoms with Gasteiger partial charge in [-0.05, 0) is 25.5 Å². The summed E-state index contributed by atoms with van der Waals surface area (Å²) in [7, 11) is 0. The Morgan fingerprint density at radius 1 is 1.38 bits per heavy atom. The number of aryl methyl sites for hydroxylation is 2. The Kier molecular flexibility index (Phi) is 2.48. The summed E-state index contributed by atoms with van der Waals surface area (Å²) in [4.78, 5) is 11.0. The number of carboxylic acids is 1. The maximum atomic E-state index is 11.0. The van der Waals surface area contributed by atoms with Crippen molar-refractivity contribution in [3.8, 4) is 11.3 Å². The van der Waals surface area contributed by atoms with Crippen LogP contribution < -0.4 is 0 Å². The van der Waals surface area contributed by atoms with Crippen LogP contribution in [0.3, 0.4) is 0 Å². The van der Waals surface area contributed by atoms with Crippen LogP contribution in [0.25, 0.3) is 11.3 Å². The molecule has 4 heteroatoms. The molecule has 2 aromatic rings. The number of rotatable bonds is 2. The zero-order chi connectivity index (χ0) is 11.7. The highest BCUT2D eigenvalue weighted by Crippen LogP contribution is 2.25. The standard InChI is InChI=1S/C12H12N2O2/c1-7-3-4-8(2)9(5-7)11-10(12(15)16)6-13-14-11/h3-6H,1-2H3,(H,13,14)(H,15,16). The van der Waals surface area contributed by atoms with E-state index in [0.29, 0.717) is 5.69 Å². The minimum atomic E-state index is -0.968. The number of H-pyrrole nitrogens is 1. The van der Waals surface area contributed by atoms with Gasteiger partial charge in [-0.25, -0.2) is 4.79 Å². The first-order chi connectivity index (χ1) is 7.59. The van der Waals surface area contributed by atoms with Crippen LogP contribution in [-0.2, 0) is 0 Å². The second kappa shape index (κ2) is 3.81. The van der Waals surface area contributed by atoms with Crippen molar-refractivity contribution in [3.63, 3.8) is 0 Å². The first-order valence-corrected chi connectivity index (χ1v) is 4.94. The molecule has 0 fully saturated rings. The van der Waals surface area contributed by atoms with Crippen LogP contribution in [-0.4, -0.2) is 21.3 Å². The van der Waals surface area contributed by atoms with Crippen molar-refractivity contribution < 1.29 is 9.90 Å². The summed E-state index contributed by atoms with van der Waals surface area (Å²) in [5.41, 5.74) is 3.76. The van der Waals surface area contributed by atoms with Gasteiger partial charge in [0.05, 0.1) is 11.9 Å². The summed E-state index contributed by atoms with van der Waals surface area (Å²) in [5, 5.41) is 15.5. The SMILES string of the molecule is Cc1ccc(C)c(-c2[nH]ncc2C(=O)O)c1. The van der Waals surface area contributed by atoms with E-state index in [2.05, 4.69) is 10.2 Å². The number of hydrogen-bond donors (Lipinski definition) is 2. The highest BCUT2D eigenvalue weighted by Gasteiger charge is 2.15. The van der Waals surface area contributed by atoms with E-state index in [9.17, 15) is 4.79 Å². The normalized spacial score (nSPS) is 10.4. The molecule has 0 unspecified atom stereocenters. The Balaban J connectivity index is 2.62. The average Bonchev–Trinajstić information content (AvgIpc) is 2.70. The fraction of sp³-hybridized carbons (Fsp3) is 0.167. The zero-order valence-corrected chi connectivity index (χ0v) is 9.11. The molecule has 1 aromatic heterocycles. The molecule has 0 aliphatic heterocycles. The molecule has 2 rings (SSSR count). The molecular formula is C12H12N2O2. The van der Waals surface area contributed by atoms with Gasteiger partial charge in [0.25, 0.3) is 0 Å². The highest BCUT2D eigenvalue weighted by atomic mass is 16.4. The number of aromatic amines is 1. The number of hydrogen-bond acceptors (Lipinski definition) is 2. The lowest BCUT2D eigenvalue weighted by molar-refractivity contribution is 0.0698. The Morgan fingerprint density at radius 2 is 2.12 bits per heavy atom. The average molecular weight is 216 g/mol. The monoisotopic (exact) mass is 216 g/mol. The van der Waals surface area contributed by atoms with Crippen molar-refractivity contribution in [2.24, 2.45) is 0 Å². The molecule has 1 heterocycles. The van der Waals surface area contributed by atoms with Gasteiger partial charge in [-0.2, -0.15) is 5.10 Å². The Morgan fingerprint density at radius 3 is 2.81 bits per heavy atom. The summed E-state index contributed by atoms with van der Waals surface area (Å²) < 4.78 is 0. The third-order valence-electron chi connectivity index (χ3n) is 2.53. The van der Waals surface area contributed by atoms with E-state index >= 15 is 0 Å². The second-order valence-corrected chi connectivity index (χ2v) is 3.78.